The van der Waals surface area contributed by atoms with Gasteiger partial charge < -0.3 is 9.84 Å². The van der Waals surface area contributed by atoms with E-state index in [1.807, 2.05) is 17.5 Å². The summed E-state index contributed by atoms with van der Waals surface area (Å²) in [6, 6.07) is 8.14. The molecule has 0 spiro atoms. The molecule has 0 aliphatic carbocycles. The van der Waals surface area contributed by atoms with Crippen LogP contribution in [0.1, 0.15) is 10.4 Å². The third-order valence-electron chi connectivity index (χ3n) is 2.32. The van der Waals surface area contributed by atoms with E-state index in [2.05, 4.69) is 0 Å². The van der Waals surface area contributed by atoms with Crippen LogP contribution in [-0.4, -0.2) is 11.1 Å². The van der Waals surface area contributed by atoms with E-state index in [1.54, 1.807) is 6.07 Å². The Hall–Kier alpha value is -2.14. The Labute approximate surface area is 113 Å². The largest absolute Gasteiger partial charge is 0.485 e. The van der Waals surface area contributed by atoms with Crippen molar-refractivity contribution in [1.29, 1.82) is 0 Å². The van der Waals surface area contributed by atoms with Crippen LogP contribution in [-0.2, 0) is 11.4 Å². The molecule has 98 valence electrons. The van der Waals surface area contributed by atoms with Crippen molar-refractivity contribution in [3.8, 4) is 5.75 Å². The standard InChI is InChI=1S/C14H11FO3S/c15-12-8-10(4-6-14(16)17)3-5-13(12)18-9-11-2-1-7-19-11/h1-8H,9H2,(H,16,17)/b6-4+. The van der Waals surface area contributed by atoms with Crippen molar-refractivity contribution >= 4 is 23.4 Å². The van der Waals surface area contributed by atoms with Crippen LogP contribution < -0.4 is 4.74 Å². The van der Waals surface area contributed by atoms with Crippen LogP contribution in [0.2, 0.25) is 0 Å². The molecule has 1 aromatic carbocycles. The first kappa shape index (κ1) is 13.3. The molecule has 2 rings (SSSR count). The van der Waals surface area contributed by atoms with Gasteiger partial charge in [-0.05, 0) is 35.2 Å². The summed E-state index contributed by atoms with van der Waals surface area (Å²) in [7, 11) is 0. The fourth-order valence-electron chi connectivity index (χ4n) is 1.45. The third-order valence-corrected chi connectivity index (χ3v) is 3.17. The maximum absolute atomic E-state index is 13.7. The molecule has 0 aliphatic heterocycles. The molecule has 0 amide bonds. The number of thiophene rings is 1. The predicted octanol–water partition coefficient (Wildman–Crippen LogP) is 3.56. The summed E-state index contributed by atoms with van der Waals surface area (Å²) in [5.41, 5.74) is 0.475. The van der Waals surface area contributed by atoms with E-state index in [0.29, 0.717) is 12.2 Å². The smallest absolute Gasteiger partial charge is 0.328 e. The quantitative estimate of drug-likeness (QED) is 0.850. The van der Waals surface area contributed by atoms with E-state index >= 15 is 0 Å². The Morgan fingerprint density at radius 2 is 2.26 bits per heavy atom. The second-order valence-corrected chi connectivity index (χ2v) is 4.76. The zero-order valence-corrected chi connectivity index (χ0v) is 10.7. The lowest BCUT2D eigenvalue weighted by Crippen LogP contribution is -1.95. The normalized spacial score (nSPS) is 10.8. The Morgan fingerprint density at radius 1 is 1.42 bits per heavy atom. The third kappa shape index (κ3) is 3.93. The van der Waals surface area contributed by atoms with E-state index in [0.717, 1.165) is 11.0 Å². The zero-order chi connectivity index (χ0) is 13.7. The number of hydrogen-bond acceptors (Lipinski definition) is 3. The highest BCUT2D eigenvalue weighted by Crippen LogP contribution is 2.21. The molecule has 0 saturated heterocycles. The molecule has 0 atom stereocenters. The van der Waals surface area contributed by atoms with E-state index in [4.69, 9.17) is 9.84 Å². The van der Waals surface area contributed by atoms with Gasteiger partial charge in [0.25, 0.3) is 0 Å². The Kier molecular flexibility index (Phi) is 4.30. The van der Waals surface area contributed by atoms with Gasteiger partial charge in [-0.3, -0.25) is 0 Å². The fourth-order valence-corrected chi connectivity index (χ4v) is 2.06. The number of carboxylic acids is 1. The summed E-state index contributed by atoms with van der Waals surface area (Å²) in [5, 5.41) is 10.4. The van der Waals surface area contributed by atoms with Crippen molar-refractivity contribution < 1.29 is 19.0 Å². The maximum atomic E-state index is 13.7. The number of carbonyl (C=O) groups is 1. The molecule has 0 fully saturated rings. The number of hydrogen-bond donors (Lipinski definition) is 1. The van der Waals surface area contributed by atoms with Gasteiger partial charge in [-0.1, -0.05) is 12.1 Å². The molecule has 0 bridgehead atoms. The van der Waals surface area contributed by atoms with Gasteiger partial charge in [-0.2, -0.15) is 0 Å². The minimum absolute atomic E-state index is 0.154. The van der Waals surface area contributed by atoms with Crippen LogP contribution in [0.25, 0.3) is 6.08 Å². The summed E-state index contributed by atoms with van der Waals surface area (Å²) < 4.78 is 19.1. The zero-order valence-electron chi connectivity index (χ0n) is 9.88. The van der Waals surface area contributed by atoms with Gasteiger partial charge in [0.05, 0.1) is 0 Å². The van der Waals surface area contributed by atoms with Gasteiger partial charge in [-0.15, -0.1) is 11.3 Å². The first-order valence-corrected chi connectivity index (χ1v) is 6.39. The topological polar surface area (TPSA) is 46.5 Å². The maximum Gasteiger partial charge on any atom is 0.328 e. The Morgan fingerprint density at radius 3 is 2.89 bits per heavy atom. The average molecular weight is 278 g/mol. The van der Waals surface area contributed by atoms with Gasteiger partial charge in [0, 0.05) is 11.0 Å². The molecule has 0 saturated carbocycles. The van der Waals surface area contributed by atoms with Crippen LogP contribution in [0.15, 0.2) is 41.8 Å². The molecule has 2 aromatic rings. The highest BCUT2D eigenvalue weighted by molar-refractivity contribution is 7.09. The molecule has 1 N–H and O–H groups in total. The van der Waals surface area contributed by atoms with Crippen LogP contribution in [0.5, 0.6) is 5.75 Å². The summed E-state index contributed by atoms with van der Waals surface area (Å²) in [4.78, 5) is 11.4. The van der Waals surface area contributed by atoms with Crippen molar-refractivity contribution in [2.45, 2.75) is 6.61 Å². The number of carboxylic acid groups (broad SMARTS) is 1. The molecule has 19 heavy (non-hydrogen) atoms. The van der Waals surface area contributed by atoms with Gasteiger partial charge in [-0.25, -0.2) is 9.18 Å². The molecular weight excluding hydrogens is 267 g/mol. The van der Waals surface area contributed by atoms with Gasteiger partial charge >= 0.3 is 5.97 Å². The van der Waals surface area contributed by atoms with E-state index in [1.165, 1.54) is 29.5 Å². The molecule has 0 unspecified atom stereocenters. The van der Waals surface area contributed by atoms with E-state index in [9.17, 15) is 9.18 Å². The first-order chi connectivity index (χ1) is 9.15. The van der Waals surface area contributed by atoms with Crippen molar-refractivity contribution in [2.75, 3.05) is 0 Å². The highest BCUT2D eigenvalue weighted by Gasteiger charge is 2.04. The second-order valence-electron chi connectivity index (χ2n) is 3.73. The van der Waals surface area contributed by atoms with Crippen LogP contribution in [0, 0.1) is 5.82 Å². The van der Waals surface area contributed by atoms with Crippen molar-refractivity contribution in [2.24, 2.45) is 0 Å². The Balaban J connectivity index is 2.04. The highest BCUT2D eigenvalue weighted by atomic mass is 32.1. The second kappa shape index (κ2) is 6.15. The summed E-state index contributed by atoms with van der Waals surface area (Å²) in [6.45, 7) is 0.318. The number of ether oxygens (including phenoxy) is 1. The average Bonchev–Trinajstić information content (AvgIpc) is 2.88. The number of halogens is 1. The molecule has 0 aliphatic rings. The van der Waals surface area contributed by atoms with Crippen molar-refractivity contribution in [3.05, 3.63) is 58.0 Å². The molecule has 3 nitrogen and oxygen atoms in total. The molecule has 1 heterocycles. The lowest BCUT2D eigenvalue weighted by atomic mass is 10.2. The number of rotatable bonds is 5. The molecule has 5 heteroatoms. The van der Waals surface area contributed by atoms with Gasteiger partial charge in [0.1, 0.15) is 6.61 Å². The van der Waals surface area contributed by atoms with E-state index < -0.39 is 11.8 Å². The monoisotopic (exact) mass is 278 g/mol. The summed E-state index contributed by atoms with van der Waals surface area (Å²) >= 11 is 1.54. The lowest BCUT2D eigenvalue weighted by Gasteiger charge is -2.06. The first-order valence-electron chi connectivity index (χ1n) is 5.51. The minimum atomic E-state index is -1.07. The van der Waals surface area contributed by atoms with Gasteiger partial charge in [0.15, 0.2) is 11.6 Å². The number of benzene rings is 1. The summed E-state index contributed by atoms with van der Waals surface area (Å²) in [5.74, 6) is -1.43. The van der Waals surface area contributed by atoms with E-state index in [-0.39, 0.29) is 5.75 Å². The molecule has 0 radical (unpaired) electrons. The molecular formula is C14H11FO3S. The van der Waals surface area contributed by atoms with Crippen LogP contribution in [0.4, 0.5) is 4.39 Å². The number of aliphatic carboxylic acids is 1. The van der Waals surface area contributed by atoms with Crippen LogP contribution >= 0.6 is 11.3 Å². The summed E-state index contributed by atoms with van der Waals surface area (Å²) in [6.07, 6.45) is 2.29. The van der Waals surface area contributed by atoms with Gasteiger partial charge in [0.2, 0.25) is 0 Å². The predicted molar refractivity (Wildman–Crippen MR) is 71.7 cm³/mol. The van der Waals surface area contributed by atoms with Crippen molar-refractivity contribution in [3.63, 3.8) is 0 Å². The molecule has 1 aromatic heterocycles. The van der Waals surface area contributed by atoms with Crippen molar-refractivity contribution in [1.82, 2.24) is 0 Å². The Bertz CT molecular complexity index is 591. The fraction of sp³-hybridized carbons (Fsp3) is 0.0714. The minimum Gasteiger partial charge on any atom is -0.485 e. The SMILES string of the molecule is O=C(O)/C=C/c1ccc(OCc2cccs2)c(F)c1. The lowest BCUT2D eigenvalue weighted by molar-refractivity contribution is -0.131. The van der Waals surface area contributed by atoms with Crippen LogP contribution in [0.3, 0.4) is 0 Å².